The number of hydrogen-bond acceptors (Lipinski definition) is 7. The van der Waals surface area contributed by atoms with Gasteiger partial charge in [-0.1, -0.05) is 60.8 Å². The van der Waals surface area contributed by atoms with Crippen LogP contribution in [0, 0.1) is 17.8 Å². The van der Waals surface area contributed by atoms with E-state index < -0.39 is 42.2 Å². The number of carbonyl (C=O) groups excluding carboxylic acids is 3. The highest BCUT2D eigenvalue weighted by molar-refractivity contribution is 5.84. The third-order valence-corrected chi connectivity index (χ3v) is 8.47. The van der Waals surface area contributed by atoms with Gasteiger partial charge in [-0.15, -0.1) is 0 Å². The minimum Gasteiger partial charge on any atom is -0.480 e. The molecule has 0 saturated carbocycles. The average Bonchev–Trinajstić information content (AvgIpc) is 2.95. The molecule has 0 fully saturated rings. The van der Waals surface area contributed by atoms with E-state index in [2.05, 4.69) is 52.2 Å². The van der Waals surface area contributed by atoms with Crippen LogP contribution in [-0.4, -0.2) is 70.0 Å². The molecule has 0 aromatic rings. The third kappa shape index (κ3) is 22.0. The van der Waals surface area contributed by atoms with E-state index in [0.29, 0.717) is 56.4 Å². The van der Waals surface area contributed by atoms with Crippen LogP contribution in [0.15, 0.2) is 0 Å². The molecule has 0 rings (SSSR count). The summed E-state index contributed by atoms with van der Waals surface area (Å²) in [4.78, 5) is 49.2. The lowest BCUT2D eigenvalue weighted by Crippen LogP contribution is -2.42. The first-order valence-electron chi connectivity index (χ1n) is 16.6. The fraction of sp³-hybridized carbons (Fsp3) is 0.879. The molecule has 0 aliphatic rings. The summed E-state index contributed by atoms with van der Waals surface area (Å²) in [6, 6.07) is -1.10. The lowest BCUT2D eigenvalue weighted by molar-refractivity contribution is -0.154. The standard InChI is InChI=1S/C33H62N2O8/c1-7-23(4)13-16-26(36)20-30(38)34-19-11-10-12-29(33(41)42)35-31(39)22-28(18-15-25(6)9-3)43-32(40)21-27(37)17-14-24(5)8-2/h23-29,36-37H,7-22H2,1-6H3,(H,34,38)(H,35,39)(H,41,42). The fourth-order valence-corrected chi connectivity index (χ4v) is 4.57. The maximum Gasteiger partial charge on any atom is 0.326 e. The maximum absolute atomic E-state index is 12.8. The zero-order valence-corrected chi connectivity index (χ0v) is 27.7. The average molecular weight is 615 g/mol. The normalized spacial score (nSPS) is 16.3. The van der Waals surface area contributed by atoms with Gasteiger partial charge in [-0.25, -0.2) is 4.79 Å². The molecule has 0 aliphatic carbocycles. The van der Waals surface area contributed by atoms with Gasteiger partial charge in [-0.05, 0) is 75.5 Å². The van der Waals surface area contributed by atoms with Crippen molar-refractivity contribution in [3.05, 3.63) is 0 Å². The Morgan fingerprint density at radius 1 is 0.651 bits per heavy atom. The molecule has 252 valence electrons. The van der Waals surface area contributed by atoms with Crippen LogP contribution in [0.3, 0.4) is 0 Å². The molecule has 2 amide bonds. The van der Waals surface area contributed by atoms with E-state index in [0.717, 1.165) is 38.5 Å². The summed E-state index contributed by atoms with van der Waals surface area (Å²) in [5.41, 5.74) is 0. The molecule has 5 N–H and O–H groups in total. The van der Waals surface area contributed by atoms with Crippen molar-refractivity contribution in [2.45, 2.75) is 162 Å². The quantitative estimate of drug-likeness (QED) is 0.0662. The molecule has 0 radical (unpaired) electrons. The first-order valence-corrected chi connectivity index (χ1v) is 16.6. The Morgan fingerprint density at radius 3 is 1.67 bits per heavy atom. The van der Waals surface area contributed by atoms with Gasteiger partial charge >= 0.3 is 11.9 Å². The minimum atomic E-state index is -1.15. The van der Waals surface area contributed by atoms with Crippen LogP contribution in [0.4, 0.5) is 0 Å². The molecular formula is C33H62N2O8. The Bertz CT molecular complexity index is 793. The zero-order valence-electron chi connectivity index (χ0n) is 27.7. The van der Waals surface area contributed by atoms with E-state index in [1.165, 1.54) is 0 Å². The SMILES string of the molecule is CCC(C)CCC(O)CC(=O)NCCCCC(NC(=O)CC(CCC(C)CC)OC(=O)CC(O)CCC(C)CC)C(=O)O. The van der Waals surface area contributed by atoms with Gasteiger partial charge < -0.3 is 30.7 Å². The molecule has 0 heterocycles. The van der Waals surface area contributed by atoms with E-state index in [9.17, 15) is 34.5 Å². The van der Waals surface area contributed by atoms with Crippen molar-refractivity contribution in [1.29, 1.82) is 0 Å². The van der Waals surface area contributed by atoms with Gasteiger partial charge in [-0.3, -0.25) is 14.4 Å². The molecule has 0 bridgehead atoms. The van der Waals surface area contributed by atoms with Gasteiger partial charge in [0.1, 0.15) is 12.1 Å². The van der Waals surface area contributed by atoms with Crippen LogP contribution in [-0.2, 0) is 23.9 Å². The number of ether oxygens (including phenoxy) is 1. The van der Waals surface area contributed by atoms with E-state index in [4.69, 9.17) is 4.74 Å². The fourth-order valence-electron chi connectivity index (χ4n) is 4.57. The molecule has 0 aliphatic heterocycles. The topological polar surface area (TPSA) is 162 Å². The number of hydrogen-bond donors (Lipinski definition) is 5. The van der Waals surface area contributed by atoms with Crippen molar-refractivity contribution in [2.75, 3.05) is 6.54 Å². The number of nitrogens with one attached hydrogen (secondary N) is 2. The number of aliphatic carboxylic acids is 1. The van der Waals surface area contributed by atoms with Crippen LogP contribution in [0.1, 0.15) is 138 Å². The molecule has 43 heavy (non-hydrogen) atoms. The van der Waals surface area contributed by atoms with Crippen molar-refractivity contribution in [1.82, 2.24) is 10.6 Å². The Hall–Kier alpha value is -2.20. The second-order valence-corrected chi connectivity index (χ2v) is 12.6. The van der Waals surface area contributed by atoms with Gasteiger partial charge in [-0.2, -0.15) is 0 Å². The van der Waals surface area contributed by atoms with Crippen molar-refractivity contribution in [2.24, 2.45) is 17.8 Å². The van der Waals surface area contributed by atoms with Crippen molar-refractivity contribution >= 4 is 23.8 Å². The highest BCUT2D eigenvalue weighted by Crippen LogP contribution is 2.18. The number of esters is 1. The molecule has 10 heteroatoms. The third-order valence-electron chi connectivity index (χ3n) is 8.47. The number of aliphatic hydroxyl groups is 2. The van der Waals surface area contributed by atoms with Gasteiger partial charge in [0, 0.05) is 6.54 Å². The number of aliphatic hydroxyl groups excluding tert-OH is 2. The van der Waals surface area contributed by atoms with Crippen molar-refractivity contribution in [3.63, 3.8) is 0 Å². The van der Waals surface area contributed by atoms with E-state index in [1.54, 1.807) is 0 Å². The Labute approximate surface area is 260 Å². The van der Waals surface area contributed by atoms with Crippen molar-refractivity contribution < 1.29 is 39.2 Å². The van der Waals surface area contributed by atoms with Crippen LogP contribution in [0.2, 0.25) is 0 Å². The van der Waals surface area contributed by atoms with Crippen molar-refractivity contribution in [3.8, 4) is 0 Å². The predicted octanol–water partition coefficient (Wildman–Crippen LogP) is 5.13. The number of carboxylic acid groups (broad SMARTS) is 1. The summed E-state index contributed by atoms with van der Waals surface area (Å²) in [5, 5.41) is 35.3. The van der Waals surface area contributed by atoms with Gasteiger partial charge in [0.25, 0.3) is 0 Å². The largest absolute Gasteiger partial charge is 0.480 e. The molecule has 10 nitrogen and oxygen atoms in total. The minimum absolute atomic E-state index is 0.0457. The Kier molecular flexibility index (Phi) is 22.9. The summed E-state index contributed by atoms with van der Waals surface area (Å²) in [6.45, 7) is 12.9. The van der Waals surface area contributed by atoms with Gasteiger partial charge in [0.15, 0.2) is 0 Å². The summed E-state index contributed by atoms with van der Waals surface area (Å²) in [7, 11) is 0. The van der Waals surface area contributed by atoms with Crippen LogP contribution in [0.25, 0.3) is 0 Å². The smallest absolute Gasteiger partial charge is 0.326 e. The number of carboxylic acids is 1. The molecule has 7 atom stereocenters. The maximum atomic E-state index is 12.8. The summed E-state index contributed by atoms with van der Waals surface area (Å²) >= 11 is 0. The second kappa shape index (κ2) is 24.2. The summed E-state index contributed by atoms with van der Waals surface area (Å²) < 4.78 is 5.59. The number of unbranched alkanes of at least 4 members (excludes halogenated alkanes) is 1. The zero-order chi connectivity index (χ0) is 32.8. The lowest BCUT2D eigenvalue weighted by Gasteiger charge is -2.22. The number of carbonyl (C=O) groups is 4. The molecule has 7 unspecified atom stereocenters. The van der Waals surface area contributed by atoms with Crippen LogP contribution >= 0.6 is 0 Å². The first kappa shape index (κ1) is 40.8. The molecular weight excluding hydrogens is 552 g/mol. The van der Waals surface area contributed by atoms with E-state index in [-0.39, 0.29) is 31.6 Å². The van der Waals surface area contributed by atoms with E-state index in [1.807, 2.05) is 0 Å². The highest BCUT2D eigenvalue weighted by atomic mass is 16.5. The molecule has 0 saturated heterocycles. The van der Waals surface area contributed by atoms with Crippen LogP contribution in [0.5, 0.6) is 0 Å². The first-order chi connectivity index (χ1) is 20.3. The summed E-state index contributed by atoms with van der Waals surface area (Å²) in [6.07, 6.45) is 5.76. The molecule has 0 aromatic heterocycles. The number of rotatable bonds is 26. The monoisotopic (exact) mass is 614 g/mol. The van der Waals surface area contributed by atoms with E-state index >= 15 is 0 Å². The molecule has 0 spiro atoms. The summed E-state index contributed by atoms with van der Waals surface area (Å²) in [5.74, 6) is -1.10. The Morgan fingerprint density at radius 2 is 1.16 bits per heavy atom. The van der Waals surface area contributed by atoms with Gasteiger partial charge in [0.05, 0.1) is 31.5 Å². The number of amides is 2. The predicted molar refractivity (Wildman–Crippen MR) is 168 cm³/mol. The second-order valence-electron chi connectivity index (χ2n) is 12.6. The lowest BCUT2D eigenvalue weighted by atomic mass is 9.98. The Balaban J connectivity index is 4.72. The van der Waals surface area contributed by atoms with Gasteiger partial charge in [0.2, 0.25) is 11.8 Å². The molecule has 0 aromatic carbocycles. The van der Waals surface area contributed by atoms with Crippen LogP contribution < -0.4 is 10.6 Å². The highest BCUT2D eigenvalue weighted by Gasteiger charge is 2.25.